The van der Waals surface area contributed by atoms with Crippen LogP contribution in [0.2, 0.25) is 0 Å². The summed E-state index contributed by atoms with van der Waals surface area (Å²) in [4.78, 5) is 31.5. The van der Waals surface area contributed by atoms with Gasteiger partial charge in [0.2, 0.25) is 5.91 Å². The van der Waals surface area contributed by atoms with Crippen LogP contribution in [0.5, 0.6) is 0 Å². The average molecular weight is 380 g/mol. The van der Waals surface area contributed by atoms with Gasteiger partial charge in [-0.25, -0.2) is 9.78 Å². The molecule has 4 rings (SSSR count). The summed E-state index contributed by atoms with van der Waals surface area (Å²) >= 11 is 1.49. The lowest BCUT2D eigenvalue weighted by molar-refractivity contribution is -0.118. The number of aryl methyl sites for hydroxylation is 2. The minimum atomic E-state index is -0.0749. The third kappa shape index (κ3) is 3.04. The first kappa shape index (κ1) is 17.5. The normalized spacial score (nSPS) is 11.3. The van der Waals surface area contributed by atoms with Crippen LogP contribution >= 0.6 is 11.3 Å². The molecule has 2 aromatic carbocycles. The van der Waals surface area contributed by atoms with E-state index in [1.54, 1.807) is 21.1 Å². The summed E-state index contributed by atoms with van der Waals surface area (Å²) in [7, 11) is 1.73. The quantitative estimate of drug-likeness (QED) is 0.532. The van der Waals surface area contributed by atoms with Crippen LogP contribution in [0.25, 0.3) is 21.3 Å². The Balaban J connectivity index is 1.56. The Morgan fingerprint density at radius 3 is 2.44 bits per heavy atom. The standard InChI is InChI=1S/C20H20N4O2S/c1-3-23-15-9-5-6-10-16(15)24(20(23)26)13-12-18(25)22(2)19-21-14-8-4-7-11-17(14)27-19/h4-11H,3,12-13H2,1-2H3. The number of amides is 1. The number of thiazole rings is 1. The van der Waals surface area contributed by atoms with Crippen molar-refractivity contribution in [3.63, 3.8) is 0 Å². The van der Waals surface area contributed by atoms with Gasteiger partial charge in [-0.2, -0.15) is 0 Å². The van der Waals surface area contributed by atoms with Gasteiger partial charge in [-0.15, -0.1) is 0 Å². The van der Waals surface area contributed by atoms with Gasteiger partial charge in [0.05, 0.1) is 21.3 Å². The van der Waals surface area contributed by atoms with Crippen molar-refractivity contribution in [1.29, 1.82) is 0 Å². The minimum Gasteiger partial charge on any atom is -0.292 e. The molecule has 4 aromatic rings. The number of fused-ring (bicyclic) bond motifs is 2. The molecule has 0 saturated heterocycles. The Hall–Kier alpha value is -2.93. The number of hydrogen-bond donors (Lipinski definition) is 0. The number of carbonyl (C=O) groups is 1. The zero-order valence-electron chi connectivity index (χ0n) is 15.3. The SMILES string of the molecule is CCn1c(=O)n(CCC(=O)N(C)c2nc3ccccc3s2)c2ccccc21. The van der Waals surface area contributed by atoms with Crippen molar-refractivity contribution in [1.82, 2.24) is 14.1 Å². The molecular formula is C20H20N4O2S. The van der Waals surface area contributed by atoms with Crippen LogP contribution < -0.4 is 10.6 Å². The fraction of sp³-hybridized carbons (Fsp3) is 0.250. The number of nitrogens with zero attached hydrogens (tertiary/aromatic N) is 4. The van der Waals surface area contributed by atoms with E-state index in [1.807, 2.05) is 55.5 Å². The molecule has 0 unspecified atom stereocenters. The van der Waals surface area contributed by atoms with Crippen molar-refractivity contribution in [2.24, 2.45) is 0 Å². The molecule has 0 N–H and O–H groups in total. The van der Waals surface area contributed by atoms with Crippen LogP contribution in [-0.2, 0) is 17.9 Å². The second-order valence-electron chi connectivity index (χ2n) is 6.33. The van der Waals surface area contributed by atoms with Crippen LogP contribution in [0.3, 0.4) is 0 Å². The van der Waals surface area contributed by atoms with Gasteiger partial charge in [-0.1, -0.05) is 35.6 Å². The molecule has 2 aromatic heterocycles. The van der Waals surface area contributed by atoms with E-state index in [4.69, 9.17) is 0 Å². The van der Waals surface area contributed by atoms with E-state index in [-0.39, 0.29) is 18.0 Å². The van der Waals surface area contributed by atoms with E-state index in [9.17, 15) is 9.59 Å². The lowest BCUT2D eigenvalue weighted by Crippen LogP contribution is -2.29. The average Bonchev–Trinajstić information content (AvgIpc) is 3.24. The molecule has 1 amide bonds. The van der Waals surface area contributed by atoms with Crippen molar-refractivity contribution in [2.45, 2.75) is 26.4 Å². The molecule has 27 heavy (non-hydrogen) atoms. The molecule has 2 heterocycles. The van der Waals surface area contributed by atoms with E-state index in [0.29, 0.717) is 18.2 Å². The highest BCUT2D eigenvalue weighted by Crippen LogP contribution is 2.28. The van der Waals surface area contributed by atoms with Crippen molar-refractivity contribution in [3.05, 3.63) is 59.0 Å². The summed E-state index contributed by atoms with van der Waals surface area (Å²) in [5.74, 6) is -0.0608. The maximum absolute atomic E-state index is 12.7. The number of imidazole rings is 1. The van der Waals surface area contributed by atoms with Crippen molar-refractivity contribution in [3.8, 4) is 0 Å². The van der Waals surface area contributed by atoms with Gasteiger partial charge in [0.15, 0.2) is 5.13 Å². The molecule has 0 fully saturated rings. The van der Waals surface area contributed by atoms with Gasteiger partial charge in [0.25, 0.3) is 0 Å². The van der Waals surface area contributed by atoms with Crippen molar-refractivity contribution < 1.29 is 4.79 Å². The van der Waals surface area contributed by atoms with Gasteiger partial charge >= 0.3 is 5.69 Å². The maximum atomic E-state index is 12.7. The van der Waals surface area contributed by atoms with Gasteiger partial charge < -0.3 is 0 Å². The third-order valence-corrected chi connectivity index (χ3v) is 5.85. The molecule has 0 aliphatic heterocycles. The summed E-state index contributed by atoms with van der Waals surface area (Å²) in [5.41, 5.74) is 2.57. The van der Waals surface area contributed by atoms with E-state index >= 15 is 0 Å². The monoisotopic (exact) mass is 380 g/mol. The molecule has 0 bridgehead atoms. The zero-order valence-corrected chi connectivity index (χ0v) is 16.1. The number of hydrogen-bond acceptors (Lipinski definition) is 4. The lowest BCUT2D eigenvalue weighted by Gasteiger charge is -2.13. The molecule has 0 aliphatic rings. The fourth-order valence-corrected chi connectivity index (χ4v) is 4.22. The molecule has 0 aliphatic carbocycles. The fourth-order valence-electron chi connectivity index (χ4n) is 3.28. The van der Waals surface area contributed by atoms with E-state index in [0.717, 1.165) is 21.3 Å². The predicted octanol–water partition coefficient (Wildman–Crippen LogP) is 3.49. The smallest absolute Gasteiger partial charge is 0.292 e. The molecule has 0 atom stereocenters. The number of carbonyl (C=O) groups excluding carboxylic acids is 1. The van der Waals surface area contributed by atoms with E-state index < -0.39 is 0 Å². The van der Waals surface area contributed by atoms with Crippen LogP contribution in [-0.4, -0.2) is 27.1 Å². The van der Waals surface area contributed by atoms with Crippen LogP contribution in [0.1, 0.15) is 13.3 Å². The highest BCUT2D eigenvalue weighted by atomic mass is 32.1. The summed E-state index contributed by atoms with van der Waals surface area (Å²) in [5, 5.41) is 0.671. The number of rotatable bonds is 5. The second kappa shape index (κ2) is 7.00. The number of benzene rings is 2. The molecular weight excluding hydrogens is 360 g/mol. The lowest BCUT2D eigenvalue weighted by atomic mass is 10.3. The molecule has 0 radical (unpaired) electrons. The van der Waals surface area contributed by atoms with Gasteiger partial charge in [0, 0.05) is 26.6 Å². The van der Waals surface area contributed by atoms with E-state index in [2.05, 4.69) is 4.98 Å². The largest absolute Gasteiger partial charge is 0.329 e. The van der Waals surface area contributed by atoms with Crippen LogP contribution in [0.15, 0.2) is 53.3 Å². The Morgan fingerprint density at radius 2 is 1.74 bits per heavy atom. The predicted molar refractivity (Wildman–Crippen MR) is 110 cm³/mol. The Bertz CT molecular complexity index is 1150. The Morgan fingerprint density at radius 1 is 1.07 bits per heavy atom. The Labute approximate surface area is 160 Å². The molecule has 138 valence electrons. The first-order valence-corrected chi connectivity index (χ1v) is 9.72. The van der Waals surface area contributed by atoms with E-state index in [1.165, 1.54) is 11.3 Å². The third-order valence-electron chi connectivity index (χ3n) is 4.73. The molecule has 0 saturated carbocycles. The molecule has 0 spiro atoms. The first-order valence-electron chi connectivity index (χ1n) is 8.90. The van der Waals surface area contributed by atoms with Gasteiger partial charge in [-0.05, 0) is 31.2 Å². The minimum absolute atomic E-state index is 0.0608. The van der Waals surface area contributed by atoms with Crippen LogP contribution in [0, 0.1) is 0 Å². The van der Waals surface area contributed by atoms with Crippen molar-refractivity contribution >= 4 is 43.6 Å². The van der Waals surface area contributed by atoms with Gasteiger partial charge in [-0.3, -0.25) is 18.8 Å². The first-order chi connectivity index (χ1) is 13.1. The highest BCUT2D eigenvalue weighted by molar-refractivity contribution is 7.22. The highest BCUT2D eigenvalue weighted by Gasteiger charge is 2.17. The second-order valence-corrected chi connectivity index (χ2v) is 7.34. The molecule has 6 nitrogen and oxygen atoms in total. The van der Waals surface area contributed by atoms with Gasteiger partial charge in [0.1, 0.15) is 0 Å². The zero-order chi connectivity index (χ0) is 19.0. The van der Waals surface area contributed by atoms with Crippen LogP contribution in [0.4, 0.5) is 5.13 Å². The number of anilines is 1. The molecule has 7 heteroatoms. The summed E-state index contributed by atoms with van der Waals surface area (Å²) in [6, 6.07) is 15.5. The number of para-hydroxylation sites is 3. The topological polar surface area (TPSA) is 60.1 Å². The Kier molecular flexibility index (Phi) is 4.53. The summed E-state index contributed by atoms with van der Waals surface area (Å²) < 4.78 is 4.47. The number of aromatic nitrogens is 3. The maximum Gasteiger partial charge on any atom is 0.329 e. The summed E-state index contributed by atoms with van der Waals surface area (Å²) in [6.45, 7) is 2.90. The summed E-state index contributed by atoms with van der Waals surface area (Å²) in [6.07, 6.45) is 0.240. The van der Waals surface area contributed by atoms with Crippen molar-refractivity contribution in [2.75, 3.05) is 11.9 Å².